The lowest BCUT2D eigenvalue weighted by Gasteiger charge is -2.37. The van der Waals surface area contributed by atoms with Crippen LogP contribution in [0.2, 0.25) is 0 Å². The van der Waals surface area contributed by atoms with Gasteiger partial charge in [0.2, 0.25) is 5.91 Å². The lowest BCUT2D eigenvalue weighted by molar-refractivity contribution is -0.138. The lowest BCUT2D eigenvalue weighted by atomic mass is 9.93. The fourth-order valence-corrected chi connectivity index (χ4v) is 3.84. The Hall–Kier alpha value is -1.88. The second kappa shape index (κ2) is 8.00. The van der Waals surface area contributed by atoms with E-state index in [9.17, 15) is 14.7 Å². The highest BCUT2D eigenvalue weighted by Crippen LogP contribution is 2.24. The number of amides is 2. The van der Waals surface area contributed by atoms with E-state index < -0.39 is 0 Å². The van der Waals surface area contributed by atoms with Crippen LogP contribution in [0.5, 0.6) is 0 Å². The first-order valence-corrected chi connectivity index (χ1v) is 9.34. The standard InChI is InChI=1S/C20H28N2O3/c1-15-4-6-17(7-5-15)19(24)22-10-2-3-18(13-22)20(25)21-11-8-16(14-23)9-12-21/h4-7,16,18,23H,2-3,8-14H2,1H3. The van der Waals surface area contributed by atoms with Crippen LogP contribution in [-0.2, 0) is 4.79 Å². The summed E-state index contributed by atoms with van der Waals surface area (Å²) >= 11 is 0. The van der Waals surface area contributed by atoms with Crippen molar-refractivity contribution in [3.63, 3.8) is 0 Å². The third-order valence-electron chi connectivity index (χ3n) is 5.54. The Bertz CT molecular complexity index is 606. The number of piperidine rings is 2. The molecular weight excluding hydrogens is 316 g/mol. The van der Waals surface area contributed by atoms with Gasteiger partial charge < -0.3 is 14.9 Å². The Morgan fingerprint density at radius 2 is 1.72 bits per heavy atom. The molecule has 2 aliphatic heterocycles. The molecule has 136 valence electrons. The number of nitrogens with zero attached hydrogens (tertiary/aromatic N) is 2. The van der Waals surface area contributed by atoms with E-state index in [0.29, 0.717) is 18.0 Å². The van der Waals surface area contributed by atoms with Crippen molar-refractivity contribution in [1.82, 2.24) is 9.80 Å². The number of carbonyl (C=O) groups is 2. The number of likely N-dealkylation sites (tertiary alicyclic amines) is 2. The van der Waals surface area contributed by atoms with Crippen LogP contribution in [0.15, 0.2) is 24.3 Å². The fourth-order valence-electron chi connectivity index (χ4n) is 3.84. The predicted octanol–water partition coefficient (Wildman–Crippen LogP) is 2.08. The number of hydrogen-bond donors (Lipinski definition) is 1. The molecule has 0 bridgehead atoms. The van der Waals surface area contributed by atoms with Crippen LogP contribution in [0.4, 0.5) is 0 Å². The summed E-state index contributed by atoms with van der Waals surface area (Å²) in [6.07, 6.45) is 3.49. The quantitative estimate of drug-likeness (QED) is 0.913. The first-order chi connectivity index (χ1) is 12.1. The van der Waals surface area contributed by atoms with E-state index in [1.54, 1.807) is 0 Å². The van der Waals surface area contributed by atoms with Gasteiger partial charge in [0.1, 0.15) is 0 Å². The van der Waals surface area contributed by atoms with Crippen molar-refractivity contribution in [1.29, 1.82) is 0 Å². The van der Waals surface area contributed by atoms with Crippen LogP contribution >= 0.6 is 0 Å². The third kappa shape index (κ3) is 4.21. The maximum absolute atomic E-state index is 12.8. The summed E-state index contributed by atoms with van der Waals surface area (Å²) in [5.41, 5.74) is 1.83. The van der Waals surface area contributed by atoms with Crippen molar-refractivity contribution < 1.29 is 14.7 Å². The van der Waals surface area contributed by atoms with Crippen LogP contribution in [0.1, 0.15) is 41.6 Å². The monoisotopic (exact) mass is 344 g/mol. The highest BCUT2D eigenvalue weighted by Gasteiger charge is 2.33. The summed E-state index contributed by atoms with van der Waals surface area (Å²) in [5.74, 6) is 0.443. The predicted molar refractivity (Wildman–Crippen MR) is 96.2 cm³/mol. The second-order valence-corrected chi connectivity index (χ2v) is 7.41. The van der Waals surface area contributed by atoms with Gasteiger partial charge in [-0.1, -0.05) is 17.7 Å². The molecule has 0 aliphatic carbocycles. The van der Waals surface area contributed by atoms with Crippen molar-refractivity contribution >= 4 is 11.8 Å². The average molecular weight is 344 g/mol. The zero-order chi connectivity index (χ0) is 17.8. The van der Waals surface area contributed by atoms with Gasteiger partial charge in [-0.05, 0) is 50.7 Å². The van der Waals surface area contributed by atoms with Gasteiger partial charge in [0.05, 0.1) is 5.92 Å². The molecule has 0 aromatic heterocycles. The molecule has 3 rings (SSSR count). The van der Waals surface area contributed by atoms with Gasteiger partial charge in [-0.2, -0.15) is 0 Å². The molecule has 1 unspecified atom stereocenters. The Balaban J connectivity index is 1.60. The molecule has 2 fully saturated rings. The maximum Gasteiger partial charge on any atom is 0.253 e. The first kappa shape index (κ1) is 17.9. The Morgan fingerprint density at radius 3 is 2.36 bits per heavy atom. The number of hydrogen-bond acceptors (Lipinski definition) is 3. The minimum Gasteiger partial charge on any atom is -0.396 e. The molecule has 5 heteroatoms. The van der Waals surface area contributed by atoms with Crippen molar-refractivity contribution in [2.45, 2.75) is 32.6 Å². The second-order valence-electron chi connectivity index (χ2n) is 7.41. The zero-order valence-electron chi connectivity index (χ0n) is 15.0. The summed E-state index contributed by atoms with van der Waals surface area (Å²) in [6, 6.07) is 7.63. The molecule has 0 radical (unpaired) electrons. The molecular formula is C20H28N2O3. The van der Waals surface area contributed by atoms with Crippen LogP contribution in [0, 0.1) is 18.8 Å². The summed E-state index contributed by atoms with van der Waals surface area (Å²) in [7, 11) is 0. The third-order valence-corrected chi connectivity index (χ3v) is 5.54. The van der Waals surface area contributed by atoms with Gasteiger partial charge in [-0.3, -0.25) is 9.59 Å². The molecule has 5 nitrogen and oxygen atoms in total. The molecule has 2 heterocycles. The molecule has 2 aliphatic rings. The number of aliphatic hydroxyl groups excluding tert-OH is 1. The Morgan fingerprint density at radius 1 is 1.04 bits per heavy atom. The van der Waals surface area contributed by atoms with Gasteiger partial charge in [-0.25, -0.2) is 0 Å². The van der Waals surface area contributed by atoms with E-state index in [2.05, 4.69) is 0 Å². The fraction of sp³-hybridized carbons (Fsp3) is 0.600. The van der Waals surface area contributed by atoms with E-state index >= 15 is 0 Å². The molecule has 1 aromatic rings. The summed E-state index contributed by atoms with van der Waals surface area (Å²) in [4.78, 5) is 29.3. The molecule has 1 N–H and O–H groups in total. The van der Waals surface area contributed by atoms with E-state index in [4.69, 9.17) is 0 Å². The zero-order valence-corrected chi connectivity index (χ0v) is 15.0. The number of benzene rings is 1. The van der Waals surface area contributed by atoms with Gasteiger partial charge >= 0.3 is 0 Å². The SMILES string of the molecule is Cc1ccc(C(=O)N2CCCC(C(=O)N3CCC(CO)CC3)C2)cc1. The number of aryl methyl sites for hydroxylation is 1. The van der Waals surface area contributed by atoms with Gasteiger partial charge in [0, 0.05) is 38.3 Å². The highest BCUT2D eigenvalue weighted by atomic mass is 16.3. The van der Waals surface area contributed by atoms with E-state index in [1.807, 2.05) is 41.0 Å². The molecule has 1 atom stereocenters. The number of aliphatic hydroxyl groups is 1. The van der Waals surface area contributed by atoms with Crippen molar-refractivity contribution in [2.75, 3.05) is 32.8 Å². The molecule has 0 saturated carbocycles. The average Bonchev–Trinajstić information content (AvgIpc) is 2.67. The van der Waals surface area contributed by atoms with E-state index in [-0.39, 0.29) is 24.3 Å². The van der Waals surface area contributed by atoms with Gasteiger partial charge in [-0.15, -0.1) is 0 Å². The Labute approximate surface area is 149 Å². The topological polar surface area (TPSA) is 60.9 Å². The largest absolute Gasteiger partial charge is 0.396 e. The number of carbonyl (C=O) groups excluding carboxylic acids is 2. The lowest BCUT2D eigenvalue weighted by Crippen LogP contribution is -2.48. The molecule has 1 aromatic carbocycles. The van der Waals surface area contributed by atoms with Crippen LogP contribution in [0.25, 0.3) is 0 Å². The van der Waals surface area contributed by atoms with Gasteiger partial charge in [0.15, 0.2) is 0 Å². The van der Waals surface area contributed by atoms with E-state index in [0.717, 1.165) is 50.9 Å². The smallest absolute Gasteiger partial charge is 0.253 e. The summed E-state index contributed by atoms with van der Waals surface area (Å²) in [6.45, 7) is 4.92. The molecule has 2 saturated heterocycles. The molecule has 2 amide bonds. The highest BCUT2D eigenvalue weighted by molar-refractivity contribution is 5.94. The molecule has 25 heavy (non-hydrogen) atoms. The van der Waals surface area contributed by atoms with Crippen LogP contribution < -0.4 is 0 Å². The van der Waals surface area contributed by atoms with Crippen LogP contribution in [0.3, 0.4) is 0 Å². The van der Waals surface area contributed by atoms with Crippen LogP contribution in [-0.4, -0.2) is 59.5 Å². The van der Waals surface area contributed by atoms with E-state index in [1.165, 1.54) is 0 Å². The first-order valence-electron chi connectivity index (χ1n) is 9.34. The Kier molecular flexibility index (Phi) is 5.74. The normalized spacial score (nSPS) is 22.1. The minimum absolute atomic E-state index is 0.0245. The van der Waals surface area contributed by atoms with Crippen molar-refractivity contribution in [3.05, 3.63) is 35.4 Å². The van der Waals surface area contributed by atoms with Crippen molar-refractivity contribution in [3.8, 4) is 0 Å². The summed E-state index contributed by atoms with van der Waals surface area (Å²) in [5, 5.41) is 9.24. The minimum atomic E-state index is -0.0891. The molecule has 0 spiro atoms. The van der Waals surface area contributed by atoms with Crippen molar-refractivity contribution in [2.24, 2.45) is 11.8 Å². The maximum atomic E-state index is 12.8. The van der Waals surface area contributed by atoms with Gasteiger partial charge in [0.25, 0.3) is 5.91 Å². The summed E-state index contributed by atoms with van der Waals surface area (Å²) < 4.78 is 0. The number of rotatable bonds is 3.